The fourth-order valence-corrected chi connectivity index (χ4v) is 2.21. The number of hydrogen-bond acceptors (Lipinski definition) is 4. The van der Waals surface area contributed by atoms with Crippen LogP contribution in [0.5, 0.6) is 0 Å². The first-order chi connectivity index (χ1) is 11.5. The number of nitrogen functional groups attached to an aromatic ring is 1. The molecule has 0 aliphatic rings. The second-order valence-electron chi connectivity index (χ2n) is 5.15. The lowest BCUT2D eigenvalue weighted by molar-refractivity contribution is -0.122. The number of nitrogens with two attached hydrogens (primary N) is 1. The third kappa shape index (κ3) is 4.33. The molecule has 7 nitrogen and oxygen atoms in total. The largest absolute Gasteiger partial charge is 0.483 e. The minimum Gasteiger partial charge on any atom is -0.483 e. The Morgan fingerprint density at radius 1 is 1.33 bits per heavy atom. The molecule has 0 radical (unpaired) electrons. The summed E-state index contributed by atoms with van der Waals surface area (Å²) in [5.41, 5.74) is 10.4. The molecule has 0 fully saturated rings. The monoisotopic (exact) mass is 325 g/mol. The van der Waals surface area contributed by atoms with E-state index in [-0.39, 0.29) is 12.3 Å². The van der Waals surface area contributed by atoms with Crippen molar-refractivity contribution in [3.8, 4) is 0 Å². The number of fused-ring (bicyclic) bond motifs is 1. The van der Waals surface area contributed by atoms with Crippen LogP contribution in [0.3, 0.4) is 0 Å². The van der Waals surface area contributed by atoms with Gasteiger partial charge in [0.15, 0.2) is 0 Å². The van der Waals surface area contributed by atoms with Crippen LogP contribution in [0, 0.1) is 12.3 Å². The van der Waals surface area contributed by atoms with Crippen LogP contribution in [-0.2, 0) is 11.3 Å². The van der Waals surface area contributed by atoms with Gasteiger partial charge < -0.3 is 21.1 Å². The summed E-state index contributed by atoms with van der Waals surface area (Å²) in [6.45, 7) is 2.43. The number of imidazole rings is 1. The molecule has 1 heterocycles. The molecular weight excluding hydrogens is 306 g/mol. The van der Waals surface area contributed by atoms with E-state index in [4.69, 9.17) is 21.0 Å². The normalized spacial score (nSPS) is 9.88. The van der Waals surface area contributed by atoms with E-state index in [1.807, 2.05) is 30.3 Å². The fourth-order valence-electron chi connectivity index (χ4n) is 2.21. The topological polar surface area (TPSA) is 128 Å². The predicted molar refractivity (Wildman–Crippen MR) is 94.3 cm³/mol. The van der Waals surface area contributed by atoms with Crippen molar-refractivity contribution in [1.82, 2.24) is 9.97 Å². The molecule has 7 heteroatoms. The first-order valence-electron chi connectivity index (χ1n) is 7.25. The molecule has 0 aliphatic carbocycles. The van der Waals surface area contributed by atoms with Gasteiger partial charge in [-0.3, -0.25) is 10.2 Å². The van der Waals surface area contributed by atoms with Gasteiger partial charge in [0.1, 0.15) is 11.7 Å². The molecule has 0 spiro atoms. The highest BCUT2D eigenvalue weighted by atomic mass is 16.3. The summed E-state index contributed by atoms with van der Waals surface area (Å²) in [5, 5.41) is 17.6. The van der Waals surface area contributed by atoms with Crippen LogP contribution >= 0.6 is 0 Å². The van der Waals surface area contributed by atoms with Gasteiger partial charge in [-0.2, -0.15) is 0 Å². The lowest BCUT2D eigenvalue weighted by atomic mass is 10.2. The van der Waals surface area contributed by atoms with Crippen molar-refractivity contribution in [2.24, 2.45) is 5.73 Å². The van der Waals surface area contributed by atoms with E-state index in [2.05, 4.69) is 34.3 Å². The number of amidine groups is 1. The molecule has 0 saturated heterocycles. The number of carboxylic acid groups (broad SMARTS) is 1. The Morgan fingerprint density at radius 3 is 2.62 bits per heavy atom. The second-order valence-corrected chi connectivity index (χ2v) is 5.15. The van der Waals surface area contributed by atoms with E-state index in [9.17, 15) is 0 Å². The molecule has 0 saturated carbocycles. The van der Waals surface area contributed by atoms with Gasteiger partial charge in [-0.15, -0.1) is 0 Å². The zero-order chi connectivity index (χ0) is 17.5. The standard InChI is InChI=1S/C16H17N5.CH2O2/c1-10-2-7-13-14(8-10)21-15(20-13)9-19-12-5-3-11(4-6-12)16(17)18;2-1-3/h2-8,19H,9H2,1H3,(H3,17,18)(H,20,21);1H,(H,2,3). The van der Waals surface area contributed by atoms with E-state index in [1.54, 1.807) is 0 Å². The van der Waals surface area contributed by atoms with E-state index >= 15 is 0 Å². The molecule has 0 aliphatic heterocycles. The predicted octanol–water partition coefficient (Wildman–Crippen LogP) is 2.47. The Bertz CT molecular complexity index is 840. The van der Waals surface area contributed by atoms with Gasteiger partial charge in [0.25, 0.3) is 6.47 Å². The Hall–Kier alpha value is -3.35. The summed E-state index contributed by atoms with van der Waals surface area (Å²) in [6, 6.07) is 13.6. The summed E-state index contributed by atoms with van der Waals surface area (Å²) in [7, 11) is 0. The van der Waals surface area contributed by atoms with Crippen LogP contribution in [0.2, 0.25) is 0 Å². The average Bonchev–Trinajstić information content (AvgIpc) is 2.96. The van der Waals surface area contributed by atoms with Gasteiger partial charge >= 0.3 is 0 Å². The number of aromatic amines is 1. The number of aromatic nitrogens is 2. The second kappa shape index (κ2) is 7.77. The van der Waals surface area contributed by atoms with Crippen molar-refractivity contribution in [1.29, 1.82) is 5.41 Å². The number of nitrogens with one attached hydrogen (secondary N) is 3. The number of hydrogen-bond donors (Lipinski definition) is 5. The molecule has 0 bridgehead atoms. The van der Waals surface area contributed by atoms with Crippen LogP contribution in [0.1, 0.15) is 17.0 Å². The molecule has 0 atom stereocenters. The van der Waals surface area contributed by atoms with Crippen LogP contribution < -0.4 is 11.1 Å². The number of benzene rings is 2. The maximum Gasteiger partial charge on any atom is 0.290 e. The van der Waals surface area contributed by atoms with Crippen molar-refractivity contribution in [3.63, 3.8) is 0 Å². The zero-order valence-electron chi connectivity index (χ0n) is 13.2. The minimum atomic E-state index is -0.250. The van der Waals surface area contributed by atoms with Crippen LogP contribution in [0.25, 0.3) is 11.0 Å². The highest BCUT2D eigenvalue weighted by molar-refractivity contribution is 5.95. The summed E-state index contributed by atoms with van der Waals surface area (Å²) in [4.78, 5) is 16.2. The zero-order valence-corrected chi connectivity index (χ0v) is 13.2. The minimum absolute atomic E-state index is 0.0780. The highest BCUT2D eigenvalue weighted by Crippen LogP contribution is 2.15. The average molecular weight is 325 g/mol. The number of aryl methyl sites for hydroxylation is 1. The SMILES string of the molecule is Cc1ccc2nc(CNc3ccc(C(=N)N)cc3)[nH]c2c1.O=CO. The van der Waals surface area contributed by atoms with E-state index in [1.165, 1.54) is 5.56 Å². The van der Waals surface area contributed by atoms with Gasteiger partial charge in [0, 0.05) is 11.3 Å². The Labute approximate surface area is 139 Å². The fraction of sp³-hybridized carbons (Fsp3) is 0.118. The van der Waals surface area contributed by atoms with Gasteiger partial charge in [-0.1, -0.05) is 6.07 Å². The molecule has 3 aromatic rings. The Morgan fingerprint density at radius 2 is 2.00 bits per heavy atom. The van der Waals surface area contributed by atoms with Crippen molar-refractivity contribution < 1.29 is 9.90 Å². The molecule has 24 heavy (non-hydrogen) atoms. The third-order valence-corrected chi connectivity index (χ3v) is 3.34. The smallest absolute Gasteiger partial charge is 0.290 e. The number of anilines is 1. The number of nitrogens with zero attached hydrogens (tertiary/aromatic N) is 1. The van der Waals surface area contributed by atoms with Crippen molar-refractivity contribution >= 4 is 29.0 Å². The van der Waals surface area contributed by atoms with Gasteiger partial charge in [-0.25, -0.2) is 4.98 Å². The maximum atomic E-state index is 8.36. The van der Waals surface area contributed by atoms with Crippen molar-refractivity contribution in [2.75, 3.05) is 5.32 Å². The molecule has 6 N–H and O–H groups in total. The van der Waals surface area contributed by atoms with Crippen LogP contribution in [-0.4, -0.2) is 27.4 Å². The summed E-state index contributed by atoms with van der Waals surface area (Å²) in [5.74, 6) is 0.973. The summed E-state index contributed by atoms with van der Waals surface area (Å²) >= 11 is 0. The molecule has 0 unspecified atom stereocenters. The quantitative estimate of drug-likeness (QED) is 0.286. The molecule has 124 valence electrons. The highest BCUT2D eigenvalue weighted by Gasteiger charge is 2.03. The van der Waals surface area contributed by atoms with Gasteiger partial charge in [0.05, 0.1) is 17.6 Å². The Balaban J connectivity index is 0.000000647. The maximum absolute atomic E-state index is 8.36. The van der Waals surface area contributed by atoms with E-state index in [0.717, 1.165) is 28.1 Å². The molecule has 3 rings (SSSR count). The molecule has 0 amide bonds. The van der Waals surface area contributed by atoms with Crippen LogP contribution in [0.4, 0.5) is 5.69 Å². The lowest BCUT2D eigenvalue weighted by Crippen LogP contribution is -2.10. The van der Waals surface area contributed by atoms with Gasteiger partial charge in [-0.05, 0) is 48.9 Å². The van der Waals surface area contributed by atoms with E-state index in [0.29, 0.717) is 6.54 Å². The van der Waals surface area contributed by atoms with Gasteiger partial charge in [0.2, 0.25) is 0 Å². The van der Waals surface area contributed by atoms with Crippen molar-refractivity contribution in [2.45, 2.75) is 13.5 Å². The van der Waals surface area contributed by atoms with Crippen LogP contribution in [0.15, 0.2) is 42.5 Å². The lowest BCUT2D eigenvalue weighted by Gasteiger charge is -2.05. The molecular formula is C17H19N5O2. The summed E-state index contributed by atoms with van der Waals surface area (Å²) < 4.78 is 0. The third-order valence-electron chi connectivity index (χ3n) is 3.34. The first-order valence-corrected chi connectivity index (χ1v) is 7.25. The molecule has 2 aromatic carbocycles. The number of H-pyrrole nitrogens is 1. The molecule has 1 aromatic heterocycles. The first kappa shape index (κ1) is 17.0. The van der Waals surface area contributed by atoms with Crippen molar-refractivity contribution in [3.05, 3.63) is 59.4 Å². The van der Waals surface area contributed by atoms with E-state index < -0.39 is 0 Å². The number of carbonyl (C=O) groups is 1. The summed E-state index contributed by atoms with van der Waals surface area (Å²) in [6.07, 6.45) is 0. The Kier molecular flexibility index (Phi) is 5.51. The number of rotatable bonds is 4.